The third-order valence-electron chi connectivity index (χ3n) is 0.659. The first-order chi connectivity index (χ1) is 4.31. The topological polar surface area (TPSA) is 37.3 Å². The Hall–Kier alpha value is -1.31. The summed E-state index contributed by atoms with van der Waals surface area (Å²) in [4.78, 5) is 10.4. The lowest BCUT2D eigenvalue weighted by Gasteiger charge is -1.74. The minimum Gasteiger partial charge on any atom is -0.516 e. The Balaban J connectivity index is 3.70. The molecule has 0 radical (unpaired) electrons. The van der Waals surface area contributed by atoms with Crippen LogP contribution in [0.4, 0.5) is 0 Å². The van der Waals surface area contributed by atoms with Crippen molar-refractivity contribution in [1.82, 2.24) is 0 Å². The normalized spacial score (nSPS) is 10.7. The second-order valence-electron chi connectivity index (χ2n) is 1.31. The van der Waals surface area contributed by atoms with Crippen molar-refractivity contribution in [3.8, 4) is 0 Å². The fourth-order valence-corrected chi connectivity index (χ4v) is 0.268. The van der Waals surface area contributed by atoms with Gasteiger partial charge in [0.15, 0.2) is 5.78 Å². The van der Waals surface area contributed by atoms with Gasteiger partial charge in [-0.15, -0.1) is 0 Å². The van der Waals surface area contributed by atoms with Crippen LogP contribution in [0.15, 0.2) is 37.1 Å². The first kappa shape index (κ1) is 7.69. The highest BCUT2D eigenvalue weighted by molar-refractivity contribution is 5.98. The van der Waals surface area contributed by atoms with Crippen molar-refractivity contribution < 1.29 is 9.90 Å². The summed E-state index contributed by atoms with van der Waals surface area (Å²) in [5.41, 5.74) is 0. The van der Waals surface area contributed by atoms with Crippen LogP contribution in [0, 0.1) is 0 Å². The Kier molecular flexibility index (Phi) is 4.14. The predicted molar refractivity (Wildman–Crippen MR) is 36.1 cm³/mol. The van der Waals surface area contributed by atoms with Crippen LogP contribution in [-0.2, 0) is 4.79 Å². The van der Waals surface area contributed by atoms with Gasteiger partial charge < -0.3 is 5.11 Å². The van der Waals surface area contributed by atoms with Crippen LogP contribution in [0.2, 0.25) is 0 Å². The van der Waals surface area contributed by atoms with Crippen LogP contribution in [0.1, 0.15) is 0 Å². The molecule has 0 fully saturated rings. The molecule has 0 rings (SSSR count). The van der Waals surface area contributed by atoms with Crippen LogP contribution in [0.5, 0.6) is 0 Å². The number of rotatable bonds is 3. The third-order valence-corrected chi connectivity index (χ3v) is 0.659. The summed E-state index contributed by atoms with van der Waals surface area (Å²) < 4.78 is 0. The molecule has 0 unspecified atom stereocenters. The highest BCUT2D eigenvalue weighted by Gasteiger charge is 1.80. The largest absolute Gasteiger partial charge is 0.516 e. The minimum absolute atomic E-state index is 0.173. The van der Waals surface area contributed by atoms with Gasteiger partial charge in [-0.2, -0.15) is 0 Å². The number of hydrogen-bond donors (Lipinski definition) is 1. The molecule has 0 aromatic carbocycles. The zero-order valence-corrected chi connectivity index (χ0v) is 4.95. The van der Waals surface area contributed by atoms with Crippen molar-refractivity contribution >= 4 is 5.78 Å². The monoisotopic (exact) mass is 124 g/mol. The van der Waals surface area contributed by atoms with Gasteiger partial charge in [0, 0.05) is 0 Å². The number of carbonyl (C=O) groups excluding carboxylic acids is 1. The molecule has 48 valence electrons. The molecular weight excluding hydrogens is 116 g/mol. The number of aliphatic hydroxyl groups is 1. The second-order valence-corrected chi connectivity index (χ2v) is 1.31. The molecule has 1 N–H and O–H groups in total. The van der Waals surface area contributed by atoms with Crippen LogP contribution in [-0.4, -0.2) is 10.9 Å². The highest BCUT2D eigenvalue weighted by Crippen LogP contribution is 1.78. The number of hydrogen-bond acceptors (Lipinski definition) is 2. The summed E-state index contributed by atoms with van der Waals surface area (Å²) in [5.74, 6) is -0.173. The van der Waals surface area contributed by atoms with E-state index in [9.17, 15) is 4.79 Å². The lowest BCUT2D eigenvalue weighted by molar-refractivity contribution is -0.110. The zero-order chi connectivity index (χ0) is 7.11. The van der Waals surface area contributed by atoms with Crippen molar-refractivity contribution in [1.29, 1.82) is 0 Å². The van der Waals surface area contributed by atoms with E-state index in [1.54, 1.807) is 0 Å². The molecule has 0 amide bonds. The average molecular weight is 124 g/mol. The Morgan fingerprint density at radius 2 is 2.11 bits per heavy atom. The molecule has 0 aliphatic heterocycles. The fraction of sp³-hybridized carbons (Fsp3) is 0. The van der Waals surface area contributed by atoms with E-state index in [1.807, 2.05) is 0 Å². The van der Waals surface area contributed by atoms with Gasteiger partial charge in [0.1, 0.15) is 0 Å². The van der Waals surface area contributed by atoms with Gasteiger partial charge in [-0.1, -0.05) is 12.7 Å². The molecule has 2 nitrogen and oxygen atoms in total. The maximum absolute atomic E-state index is 10.4. The van der Waals surface area contributed by atoms with E-state index in [-0.39, 0.29) is 5.78 Å². The van der Waals surface area contributed by atoms with Crippen molar-refractivity contribution in [2.75, 3.05) is 0 Å². The van der Waals surface area contributed by atoms with Crippen LogP contribution >= 0.6 is 0 Å². The van der Waals surface area contributed by atoms with Crippen LogP contribution in [0.3, 0.4) is 0 Å². The SMILES string of the molecule is C=CC(=O)C=CC=CO. The van der Waals surface area contributed by atoms with Crippen LogP contribution in [0.25, 0.3) is 0 Å². The van der Waals surface area contributed by atoms with E-state index < -0.39 is 0 Å². The number of carbonyl (C=O) groups is 1. The number of allylic oxidation sites excluding steroid dienone is 4. The van der Waals surface area contributed by atoms with Crippen molar-refractivity contribution in [3.05, 3.63) is 37.1 Å². The quantitative estimate of drug-likeness (QED) is 0.350. The zero-order valence-electron chi connectivity index (χ0n) is 4.95. The van der Waals surface area contributed by atoms with Gasteiger partial charge in [0.2, 0.25) is 0 Å². The Morgan fingerprint density at radius 1 is 1.44 bits per heavy atom. The molecule has 0 aromatic rings. The summed E-state index contributed by atoms with van der Waals surface area (Å²) in [5, 5.41) is 8.08. The summed E-state index contributed by atoms with van der Waals surface area (Å²) in [6, 6.07) is 0. The van der Waals surface area contributed by atoms with Crippen molar-refractivity contribution in [3.63, 3.8) is 0 Å². The van der Waals surface area contributed by atoms with Gasteiger partial charge in [-0.25, -0.2) is 0 Å². The lowest BCUT2D eigenvalue weighted by Crippen LogP contribution is -1.80. The molecule has 0 aliphatic carbocycles. The molecule has 0 saturated heterocycles. The van der Waals surface area contributed by atoms with E-state index in [2.05, 4.69) is 6.58 Å². The smallest absolute Gasteiger partial charge is 0.178 e. The third kappa shape index (κ3) is 4.55. The summed E-state index contributed by atoms with van der Waals surface area (Å²) in [6.07, 6.45) is 6.14. The first-order valence-electron chi connectivity index (χ1n) is 2.45. The van der Waals surface area contributed by atoms with E-state index in [0.29, 0.717) is 0 Å². The van der Waals surface area contributed by atoms with Gasteiger partial charge in [-0.3, -0.25) is 4.79 Å². The summed E-state index contributed by atoms with van der Waals surface area (Å²) in [7, 11) is 0. The molecule has 0 saturated carbocycles. The maximum atomic E-state index is 10.4. The first-order valence-corrected chi connectivity index (χ1v) is 2.45. The molecule has 0 aliphatic rings. The van der Waals surface area contributed by atoms with Gasteiger partial charge >= 0.3 is 0 Å². The van der Waals surface area contributed by atoms with E-state index in [4.69, 9.17) is 5.11 Å². The molecule has 0 heterocycles. The lowest BCUT2D eigenvalue weighted by atomic mass is 10.3. The van der Waals surface area contributed by atoms with Crippen molar-refractivity contribution in [2.24, 2.45) is 0 Å². The molecular formula is C7H8O2. The highest BCUT2D eigenvalue weighted by atomic mass is 16.2. The molecule has 9 heavy (non-hydrogen) atoms. The Labute approximate surface area is 53.8 Å². The van der Waals surface area contributed by atoms with Gasteiger partial charge in [0.05, 0.1) is 6.26 Å². The fourth-order valence-electron chi connectivity index (χ4n) is 0.268. The molecule has 0 atom stereocenters. The van der Waals surface area contributed by atoms with Gasteiger partial charge in [-0.05, 0) is 18.2 Å². The molecule has 0 spiro atoms. The molecule has 0 aromatic heterocycles. The van der Waals surface area contributed by atoms with E-state index >= 15 is 0 Å². The van der Waals surface area contributed by atoms with Gasteiger partial charge in [0.25, 0.3) is 0 Å². The second kappa shape index (κ2) is 4.84. The average Bonchev–Trinajstić information content (AvgIpc) is 1.89. The predicted octanol–water partition coefficient (Wildman–Crippen LogP) is 1.37. The van der Waals surface area contributed by atoms with E-state index in [0.717, 1.165) is 6.26 Å². The molecule has 2 heteroatoms. The number of aliphatic hydroxyl groups excluding tert-OH is 1. The summed E-state index contributed by atoms with van der Waals surface area (Å²) in [6.45, 7) is 3.25. The minimum atomic E-state index is -0.173. The summed E-state index contributed by atoms with van der Waals surface area (Å²) >= 11 is 0. The van der Waals surface area contributed by atoms with Crippen LogP contribution < -0.4 is 0 Å². The Morgan fingerprint density at radius 3 is 2.56 bits per heavy atom. The number of ketones is 1. The van der Waals surface area contributed by atoms with Crippen molar-refractivity contribution in [2.45, 2.75) is 0 Å². The van der Waals surface area contributed by atoms with E-state index in [1.165, 1.54) is 24.3 Å². The standard InChI is InChI=1S/C7H8O2/c1-2-7(9)5-3-4-6-8/h2-6,8H,1H2. The maximum Gasteiger partial charge on any atom is 0.178 e. The Bertz CT molecular complexity index is 154. The molecule has 0 bridgehead atoms.